The maximum atomic E-state index is 12.5. The van der Waals surface area contributed by atoms with Crippen molar-refractivity contribution < 1.29 is 21.6 Å². The fraction of sp³-hybridized carbons (Fsp3) is 0.381. The van der Waals surface area contributed by atoms with Crippen LogP contribution in [0.3, 0.4) is 0 Å². The van der Waals surface area contributed by atoms with Crippen molar-refractivity contribution >= 4 is 31.5 Å². The van der Waals surface area contributed by atoms with Crippen molar-refractivity contribution in [1.82, 2.24) is 4.72 Å². The predicted molar refractivity (Wildman–Crippen MR) is 115 cm³/mol. The van der Waals surface area contributed by atoms with Crippen molar-refractivity contribution in [1.29, 1.82) is 0 Å². The topological polar surface area (TPSA) is 109 Å². The Bertz CT molecular complexity index is 1060. The highest BCUT2D eigenvalue weighted by Crippen LogP contribution is 2.21. The van der Waals surface area contributed by atoms with E-state index in [0.29, 0.717) is 5.69 Å². The van der Waals surface area contributed by atoms with Crippen molar-refractivity contribution in [3.05, 3.63) is 54.6 Å². The molecule has 0 atom stereocenters. The molecule has 0 heterocycles. The third-order valence-electron chi connectivity index (χ3n) is 5.08. The molecule has 0 aliphatic heterocycles. The molecule has 9 heteroatoms. The second-order valence-corrected chi connectivity index (χ2v) is 11.2. The molecule has 1 aliphatic rings. The van der Waals surface area contributed by atoms with Gasteiger partial charge in [0.2, 0.25) is 15.9 Å². The number of hydrogen-bond acceptors (Lipinski definition) is 5. The zero-order chi connectivity index (χ0) is 21.6. The van der Waals surface area contributed by atoms with E-state index in [9.17, 15) is 21.6 Å². The Morgan fingerprint density at radius 2 is 1.47 bits per heavy atom. The monoisotopic (exact) mass is 450 g/mol. The van der Waals surface area contributed by atoms with Gasteiger partial charge < -0.3 is 5.32 Å². The molecule has 2 aromatic carbocycles. The molecule has 0 aromatic heterocycles. The highest BCUT2D eigenvalue weighted by molar-refractivity contribution is 7.91. The summed E-state index contributed by atoms with van der Waals surface area (Å²) in [7, 11) is -7.14. The maximum Gasteiger partial charge on any atom is 0.240 e. The first-order valence-electron chi connectivity index (χ1n) is 9.96. The van der Waals surface area contributed by atoms with Crippen molar-refractivity contribution in [2.75, 3.05) is 11.1 Å². The standard InChI is InChI=1S/C21H26N2O5S2/c24-21(15-16-29(25,26)19-9-5-2-6-10-19)22-17-11-13-20(14-12-17)30(27,28)23-18-7-3-1-4-8-18/h2,5-6,9-14,18,23H,1,3-4,7-8,15-16H2,(H,22,24). The average Bonchev–Trinajstić information content (AvgIpc) is 2.74. The van der Waals surface area contributed by atoms with E-state index < -0.39 is 25.8 Å². The molecule has 0 saturated heterocycles. The molecule has 30 heavy (non-hydrogen) atoms. The third-order valence-corrected chi connectivity index (χ3v) is 8.34. The van der Waals surface area contributed by atoms with E-state index >= 15 is 0 Å². The second-order valence-electron chi connectivity index (χ2n) is 7.41. The Hall–Kier alpha value is -2.23. The van der Waals surface area contributed by atoms with Gasteiger partial charge in [-0.1, -0.05) is 37.5 Å². The summed E-state index contributed by atoms with van der Waals surface area (Å²) in [4.78, 5) is 12.4. The van der Waals surface area contributed by atoms with Crippen molar-refractivity contribution in [2.45, 2.75) is 54.4 Å². The fourth-order valence-corrected chi connectivity index (χ4v) is 5.99. The highest BCUT2D eigenvalue weighted by atomic mass is 32.2. The molecular weight excluding hydrogens is 424 g/mol. The quantitative estimate of drug-likeness (QED) is 0.642. The number of carbonyl (C=O) groups is 1. The number of anilines is 1. The van der Waals surface area contributed by atoms with E-state index in [2.05, 4.69) is 10.0 Å². The molecule has 3 rings (SSSR count). The van der Waals surface area contributed by atoms with Crippen molar-refractivity contribution in [3.63, 3.8) is 0 Å². The minimum atomic E-state index is -3.61. The van der Waals surface area contributed by atoms with E-state index in [1.54, 1.807) is 18.2 Å². The highest BCUT2D eigenvalue weighted by Gasteiger charge is 2.22. The Morgan fingerprint density at radius 1 is 0.833 bits per heavy atom. The number of nitrogens with one attached hydrogen (secondary N) is 2. The summed E-state index contributed by atoms with van der Waals surface area (Å²) in [5.74, 6) is -0.758. The summed E-state index contributed by atoms with van der Waals surface area (Å²) in [5.41, 5.74) is 0.411. The Kier molecular flexibility index (Phi) is 7.27. The summed E-state index contributed by atoms with van der Waals surface area (Å²) >= 11 is 0. The molecule has 0 spiro atoms. The SMILES string of the molecule is O=C(CCS(=O)(=O)c1ccccc1)Nc1ccc(S(=O)(=O)NC2CCCCC2)cc1. The van der Waals surface area contributed by atoms with Crippen LogP contribution in [0.15, 0.2) is 64.4 Å². The van der Waals surface area contributed by atoms with Gasteiger partial charge in [-0.15, -0.1) is 0 Å². The molecule has 1 amide bonds. The van der Waals surface area contributed by atoms with E-state index in [4.69, 9.17) is 0 Å². The van der Waals surface area contributed by atoms with Crippen LogP contribution in [0, 0.1) is 0 Å². The summed E-state index contributed by atoms with van der Waals surface area (Å²) < 4.78 is 52.3. The van der Waals surface area contributed by atoms with Crippen molar-refractivity contribution in [3.8, 4) is 0 Å². The first kappa shape index (κ1) is 22.5. The van der Waals surface area contributed by atoms with Crippen LogP contribution < -0.4 is 10.0 Å². The van der Waals surface area contributed by atoms with E-state index in [1.807, 2.05) is 0 Å². The van der Waals surface area contributed by atoms with Gasteiger partial charge in [-0.3, -0.25) is 4.79 Å². The minimum Gasteiger partial charge on any atom is -0.326 e. The van der Waals surface area contributed by atoms with Gasteiger partial charge in [0.1, 0.15) is 0 Å². The predicted octanol–water partition coefficient (Wildman–Crippen LogP) is 3.10. The van der Waals surface area contributed by atoms with Gasteiger partial charge >= 0.3 is 0 Å². The number of hydrogen-bond donors (Lipinski definition) is 2. The number of carbonyl (C=O) groups excluding carboxylic acids is 1. The lowest BCUT2D eigenvalue weighted by molar-refractivity contribution is -0.115. The van der Waals surface area contributed by atoms with Crippen LogP contribution in [0.25, 0.3) is 0 Å². The molecule has 1 aliphatic carbocycles. The summed E-state index contributed by atoms with van der Waals surface area (Å²) in [6.45, 7) is 0. The number of rotatable bonds is 8. The van der Waals surface area contributed by atoms with Crippen LogP contribution in [-0.2, 0) is 24.7 Å². The lowest BCUT2D eigenvalue weighted by Gasteiger charge is -2.22. The number of sulfone groups is 1. The summed E-state index contributed by atoms with van der Waals surface area (Å²) in [6.07, 6.45) is 4.69. The smallest absolute Gasteiger partial charge is 0.240 e. The van der Waals surface area contributed by atoms with Crippen LogP contribution in [0.5, 0.6) is 0 Å². The van der Waals surface area contributed by atoms with E-state index in [0.717, 1.165) is 32.1 Å². The molecule has 2 aromatic rings. The molecular formula is C21H26N2O5S2. The van der Waals surface area contributed by atoms with Gasteiger partial charge in [0.15, 0.2) is 9.84 Å². The Morgan fingerprint density at radius 3 is 2.10 bits per heavy atom. The lowest BCUT2D eigenvalue weighted by atomic mass is 9.96. The Labute approximate surface area is 177 Å². The summed E-state index contributed by atoms with van der Waals surface area (Å²) in [5, 5.41) is 2.61. The molecule has 162 valence electrons. The third kappa shape index (κ3) is 6.13. The number of amides is 1. The van der Waals surface area contributed by atoms with Gasteiger partial charge in [0, 0.05) is 18.2 Å². The largest absolute Gasteiger partial charge is 0.326 e. The van der Waals surface area contributed by atoms with E-state index in [1.165, 1.54) is 36.4 Å². The zero-order valence-corrected chi connectivity index (χ0v) is 18.2. The number of benzene rings is 2. The normalized spacial score (nSPS) is 15.6. The van der Waals surface area contributed by atoms with Crippen molar-refractivity contribution in [2.24, 2.45) is 0 Å². The minimum absolute atomic E-state index is 0.0327. The van der Waals surface area contributed by atoms with Crippen LogP contribution in [0.2, 0.25) is 0 Å². The molecule has 0 bridgehead atoms. The molecule has 7 nitrogen and oxygen atoms in total. The second kappa shape index (κ2) is 9.72. The first-order chi connectivity index (χ1) is 14.3. The van der Waals surface area contributed by atoms with Gasteiger partial charge in [0.05, 0.1) is 15.5 Å². The van der Waals surface area contributed by atoms with Crippen LogP contribution in [0.4, 0.5) is 5.69 Å². The van der Waals surface area contributed by atoms with Gasteiger partial charge in [-0.2, -0.15) is 0 Å². The lowest BCUT2D eigenvalue weighted by Crippen LogP contribution is -2.36. The zero-order valence-electron chi connectivity index (χ0n) is 16.6. The van der Waals surface area contributed by atoms with Crippen LogP contribution in [0.1, 0.15) is 38.5 Å². The molecule has 0 radical (unpaired) electrons. The first-order valence-corrected chi connectivity index (χ1v) is 13.1. The Balaban J connectivity index is 1.55. The molecule has 2 N–H and O–H groups in total. The van der Waals surface area contributed by atoms with Crippen LogP contribution in [-0.4, -0.2) is 34.5 Å². The van der Waals surface area contributed by atoms with Gasteiger partial charge in [-0.25, -0.2) is 21.6 Å². The fourth-order valence-electron chi connectivity index (χ4n) is 3.42. The molecule has 1 saturated carbocycles. The molecule has 0 unspecified atom stereocenters. The van der Waals surface area contributed by atoms with E-state index in [-0.39, 0.29) is 28.0 Å². The average molecular weight is 451 g/mol. The number of sulfonamides is 1. The van der Waals surface area contributed by atoms with Gasteiger partial charge in [-0.05, 0) is 49.2 Å². The van der Waals surface area contributed by atoms with Gasteiger partial charge in [0.25, 0.3) is 0 Å². The maximum absolute atomic E-state index is 12.5. The van der Waals surface area contributed by atoms with Crippen LogP contribution >= 0.6 is 0 Å². The molecule has 1 fully saturated rings. The summed E-state index contributed by atoms with van der Waals surface area (Å²) in [6, 6.07) is 13.8.